The first-order chi connectivity index (χ1) is 26.8. The molecule has 8 rings (SSSR count). The third-order valence-corrected chi connectivity index (χ3v) is 11.7. The molecule has 2 atom stereocenters. The number of hydrogen-bond donors (Lipinski definition) is 1. The molecule has 284 valence electrons. The molecule has 8 heteroatoms. The topological polar surface area (TPSA) is 91.6 Å². The smallest absolute Gasteiger partial charge is 0.338 e. The third kappa shape index (κ3) is 8.11. The number of nitrogens with zero attached hydrogens (tertiary/aromatic N) is 2. The number of benzene rings is 3. The Morgan fingerprint density at radius 3 is 2.00 bits per heavy atom. The molecule has 0 aromatic heterocycles. The minimum atomic E-state index is -0.597. The molecule has 0 bridgehead atoms. The number of anilines is 2. The fraction of sp³-hybridized carbons (Fsp3) is 0.383. The van der Waals surface area contributed by atoms with Gasteiger partial charge in [-0.1, -0.05) is 56.5 Å². The number of aliphatic hydroxyl groups is 1. The Morgan fingerprint density at radius 2 is 1.42 bits per heavy atom. The molecule has 55 heavy (non-hydrogen) atoms. The summed E-state index contributed by atoms with van der Waals surface area (Å²) in [6.45, 7) is 6.66. The first kappa shape index (κ1) is 36.8. The molecule has 8 nitrogen and oxygen atoms in total. The number of carbonyl (C=O) groups is 2. The van der Waals surface area contributed by atoms with Crippen LogP contribution in [0.2, 0.25) is 0 Å². The SMILES string of the molecule is C=C(C)C(=O)Oc1ccc([N+](=C2C=CC(C3C(=O)C(c4ccc(N(c5ccc(OCC6CO6)cc5)C5CCCCC5)cc4)=C3O)C=C2)C2CCCCC2)cc1. The number of ketones is 1. The molecule has 1 N–H and O–H groups in total. The van der Waals surface area contributed by atoms with E-state index in [2.05, 4.69) is 52.5 Å². The van der Waals surface area contributed by atoms with Crippen LogP contribution in [0.4, 0.5) is 17.1 Å². The van der Waals surface area contributed by atoms with Crippen molar-refractivity contribution in [3.05, 3.63) is 121 Å². The van der Waals surface area contributed by atoms with Gasteiger partial charge in [-0.25, -0.2) is 4.79 Å². The number of aliphatic hydroxyl groups excluding tert-OH is 1. The fourth-order valence-electron chi connectivity index (χ4n) is 8.59. The van der Waals surface area contributed by atoms with Gasteiger partial charge >= 0.3 is 5.97 Å². The van der Waals surface area contributed by atoms with Gasteiger partial charge in [0.1, 0.15) is 30.0 Å². The van der Waals surface area contributed by atoms with Gasteiger partial charge in [-0.2, -0.15) is 4.58 Å². The molecule has 2 unspecified atom stereocenters. The monoisotopic (exact) mass is 739 g/mol. The van der Waals surface area contributed by atoms with E-state index in [1.807, 2.05) is 60.7 Å². The number of allylic oxidation sites excluding steroid dienone is 6. The van der Waals surface area contributed by atoms with Crippen molar-refractivity contribution < 1.29 is 33.5 Å². The molecule has 0 spiro atoms. The summed E-state index contributed by atoms with van der Waals surface area (Å²) in [7, 11) is 0. The standard InChI is InChI=1S/C47H50N2O6/c1-31(2)47(52)55-41-27-23-39(24-28-41)49(35-11-7-4-8-12-35)37-19-15-33(16-20-37)44-45(50)43(46(44)51)32-13-17-36(18-14-32)48(34-9-5-3-6-10-34)38-21-25-40(26-22-38)53-29-42-30-54-42/h13-28,33-35,42,44H,1,3-12,29-30H2,2H3/p+1. The van der Waals surface area contributed by atoms with Crippen LogP contribution in [0.25, 0.3) is 5.57 Å². The van der Waals surface area contributed by atoms with Gasteiger partial charge in [0.25, 0.3) is 0 Å². The summed E-state index contributed by atoms with van der Waals surface area (Å²) < 4.78 is 19.0. The molecule has 0 amide bonds. The van der Waals surface area contributed by atoms with Crippen molar-refractivity contribution in [2.75, 3.05) is 18.1 Å². The predicted octanol–water partition coefficient (Wildman–Crippen LogP) is 9.74. The van der Waals surface area contributed by atoms with Gasteiger partial charge < -0.3 is 24.2 Å². The van der Waals surface area contributed by atoms with E-state index in [-0.39, 0.29) is 23.6 Å². The van der Waals surface area contributed by atoms with E-state index in [1.54, 1.807) is 6.92 Å². The van der Waals surface area contributed by atoms with Crippen LogP contribution in [-0.4, -0.2) is 58.5 Å². The largest absolute Gasteiger partial charge is 0.511 e. The van der Waals surface area contributed by atoms with E-state index in [4.69, 9.17) is 14.2 Å². The first-order valence-electron chi connectivity index (χ1n) is 20.1. The van der Waals surface area contributed by atoms with E-state index in [0.717, 1.165) is 66.4 Å². The fourth-order valence-corrected chi connectivity index (χ4v) is 8.59. The van der Waals surface area contributed by atoms with Gasteiger partial charge in [-0.3, -0.25) is 4.79 Å². The third-order valence-electron chi connectivity index (χ3n) is 11.7. The highest BCUT2D eigenvalue weighted by Crippen LogP contribution is 2.43. The number of epoxide rings is 1. The highest BCUT2D eigenvalue weighted by molar-refractivity contribution is 6.30. The van der Waals surface area contributed by atoms with Crippen molar-refractivity contribution in [3.63, 3.8) is 0 Å². The lowest BCUT2D eigenvalue weighted by molar-refractivity contribution is -0.488. The zero-order valence-electron chi connectivity index (χ0n) is 31.7. The van der Waals surface area contributed by atoms with E-state index in [1.165, 1.54) is 38.5 Å². The van der Waals surface area contributed by atoms with Gasteiger partial charge in [0, 0.05) is 66.0 Å². The number of rotatable bonds is 12. The number of Topliss-reactive ketones (excluding diaryl/α,β-unsaturated/α-hetero) is 1. The van der Waals surface area contributed by atoms with Gasteiger partial charge in [0.2, 0.25) is 11.4 Å². The van der Waals surface area contributed by atoms with Crippen LogP contribution < -0.4 is 14.4 Å². The average Bonchev–Trinajstić information content (AvgIpc) is 4.05. The highest BCUT2D eigenvalue weighted by Gasteiger charge is 2.44. The molecule has 1 aliphatic heterocycles. The maximum Gasteiger partial charge on any atom is 0.338 e. The minimum absolute atomic E-state index is 0.0339. The zero-order chi connectivity index (χ0) is 37.9. The molecule has 3 aromatic carbocycles. The van der Waals surface area contributed by atoms with Crippen molar-refractivity contribution in [3.8, 4) is 11.5 Å². The van der Waals surface area contributed by atoms with Crippen LogP contribution in [0.3, 0.4) is 0 Å². The van der Waals surface area contributed by atoms with Gasteiger partial charge in [-0.05, 0) is 86.7 Å². The summed E-state index contributed by atoms with van der Waals surface area (Å²) in [5.41, 5.74) is 5.76. The summed E-state index contributed by atoms with van der Waals surface area (Å²) in [4.78, 5) is 28.2. The van der Waals surface area contributed by atoms with Crippen molar-refractivity contribution in [2.45, 2.75) is 89.3 Å². The van der Waals surface area contributed by atoms with Crippen molar-refractivity contribution in [2.24, 2.45) is 11.8 Å². The Balaban J connectivity index is 0.992. The minimum Gasteiger partial charge on any atom is -0.511 e. The zero-order valence-corrected chi connectivity index (χ0v) is 31.7. The van der Waals surface area contributed by atoms with Gasteiger partial charge in [-0.15, -0.1) is 0 Å². The lowest BCUT2D eigenvalue weighted by Crippen LogP contribution is -2.36. The molecular weight excluding hydrogens is 689 g/mol. The normalized spacial score (nSPS) is 22.6. The van der Waals surface area contributed by atoms with Crippen molar-refractivity contribution in [1.29, 1.82) is 0 Å². The molecule has 1 saturated heterocycles. The average molecular weight is 740 g/mol. The van der Waals surface area contributed by atoms with Crippen LogP contribution in [-0.2, 0) is 14.3 Å². The van der Waals surface area contributed by atoms with E-state index < -0.39 is 11.9 Å². The van der Waals surface area contributed by atoms with Crippen molar-refractivity contribution in [1.82, 2.24) is 0 Å². The van der Waals surface area contributed by atoms with Gasteiger partial charge in [0.05, 0.1) is 18.1 Å². The Hall–Kier alpha value is -5.21. The number of ether oxygens (including phenoxy) is 3. The molecule has 0 radical (unpaired) electrons. The summed E-state index contributed by atoms with van der Waals surface area (Å²) in [5, 5.41) is 11.4. The Bertz CT molecular complexity index is 2010. The number of hydrogen-bond acceptors (Lipinski definition) is 7. The quantitative estimate of drug-likeness (QED) is 0.0650. The molecule has 3 aromatic rings. The molecule has 1 heterocycles. The maximum atomic E-state index is 13.8. The van der Waals surface area contributed by atoms with Crippen LogP contribution in [0.5, 0.6) is 11.5 Å². The van der Waals surface area contributed by atoms with Crippen LogP contribution >= 0.6 is 0 Å². The Labute approximate surface area is 324 Å². The second-order valence-corrected chi connectivity index (χ2v) is 15.6. The molecule has 4 aliphatic carbocycles. The lowest BCUT2D eigenvalue weighted by Gasteiger charge is -2.37. The van der Waals surface area contributed by atoms with Gasteiger partial charge in [0.15, 0.2) is 11.8 Å². The second kappa shape index (κ2) is 16.3. The summed E-state index contributed by atoms with van der Waals surface area (Å²) in [6.07, 6.45) is 20.2. The summed E-state index contributed by atoms with van der Waals surface area (Å²) >= 11 is 0. The number of carbonyl (C=O) groups excluding carboxylic acids is 2. The highest BCUT2D eigenvalue weighted by atomic mass is 16.6. The lowest BCUT2D eigenvalue weighted by atomic mass is 9.71. The van der Waals surface area contributed by atoms with Crippen LogP contribution in [0.15, 0.2) is 115 Å². The van der Waals surface area contributed by atoms with E-state index in [0.29, 0.717) is 35.6 Å². The molecule has 3 fully saturated rings. The summed E-state index contributed by atoms with van der Waals surface area (Å²) in [6, 6.07) is 24.8. The summed E-state index contributed by atoms with van der Waals surface area (Å²) in [5.74, 6) is 0.167. The number of esters is 1. The Kier molecular flexibility index (Phi) is 10.9. The van der Waals surface area contributed by atoms with Crippen LogP contribution in [0.1, 0.15) is 76.7 Å². The Morgan fingerprint density at radius 1 is 0.836 bits per heavy atom. The second-order valence-electron chi connectivity index (χ2n) is 15.6. The molecule has 5 aliphatic rings. The maximum absolute atomic E-state index is 13.8. The predicted molar refractivity (Wildman–Crippen MR) is 216 cm³/mol. The molecular formula is C47H51N2O6+. The first-order valence-corrected chi connectivity index (χ1v) is 20.1. The van der Waals surface area contributed by atoms with E-state index in [9.17, 15) is 14.7 Å². The van der Waals surface area contributed by atoms with E-state index >= 15 is 0 Å². The van der Waals surface area contributed by atoms with Crippen molar-refractivity contribution >= 4 is 40.1 Å². The van der Waals surface area contributed by atoms with Crippen LogP contribution in [0, 0.1) is 11.8 Å². The molecule has 2 saturated carbocycles.